The van der Waals surface area contributed by atoms with Gasteiger partial charge in [0.25, 0.3) is 0 Å². The Kier molecular flexibility index (Phi) is 6.89. The maximum absolute atomic E-state index is 12.1. The number of urea groups is 1. The fourth-order valence-corrected chi connectivity index (χ4v) is 4.14. The van der Waals surface area contributed by atoms with Crippen LogP contribution in [0.2, 0.25) is 0 Å². The molecule has 1 aromatic carbocycles. The number of amides is 3. The number of benzene rings is 1. The van der Waals surface area contributed by atoms with Crippen LogP contribution >= 0.6 is 23.1 Å². The average molecular weight is 415 g/mol. The first kappa shape index (κ1) is 20.2. The number of rotatable bonds is 7. The topological polar surface area (TPSA) is 76.0 Å². The monoisotopic (exact) mass is 414 g/mol. The van der Waals surface area contributed by atoms with Crippen LogP contribution < -0.4 is 10.6 Å². The number of carbonyl (C=O) groups is 2. The van der Waals surface area contributed by atoms with E-state index in [-0.39, 0.29) is 11.7 Å². The largest absolute Gasteiger partial charge is 0.337 e. The molecule has 2 N–H and O–H groups in total. The second-order valence-electron chi connectivity index (χ2n) is 6.22. The lowest BCUT2D eigenvalue weighted by Gasteiger charge is -2.12. The van der Waals surface area contributed by atoms with Gasteiger partial charge in [0.05, 0.1) is 11.4 Å². The van der Waals surface area contributed by atoms with Gasteiger partial charge in [0, 0.05) is 23.8 Å². The van der Waals surface area contributed by atoms with Gasteiger partial charge >= 0.3 is 6.03 Å². The third-order valence-electron chi connectivity index (χ3n) is 4.26. The molecule has 0 radical (unpaired) electrons. The van der Waals surface area contributed by atoms with Crippen molar-refractivity contribution in [2.24, 2.45) is 0 Å². The first-order valence-electron chi connectivity index (χ1n) is 8.87. The first-order chi connectivity index (χ1) is 13.5. The minimum absolute atomic E-state index is 0.111. The van der Waals surface area contributed by atoms with E-state index in [9.17, 15) is 9.59 Å². The zero-order valence-corrected chi connectivity index (χ0v) is 17.4. The number of imidazole rings is 1. The lowest BCUT2D eigenvalue weighted by atomic mass is 10.1. The number of aromatic nitrogens is 2. The second kappa shape index (κ2) is 9.57. The molecule has 0 unspecified atom stereocenters. The van der Waals surface area contributed by atoms with Gasteiger partial charge in [-0.2, -0.15) is 0 Å². The van der Waals surface area contributed by atoms with E-state index in [0.717, 1.165) is 17.7 Å². The molecule has 3 amide bonds. The summed E-state index contributed by atoms with van der Waals surface area (Å²) in [6.45, 7) is 4.61. The molecule has 0 spiro atoms. The number of imide groups is 1. The van der Waals surface area contributed by atoms with Crippen LogP contribution in [0.4, 0.5) is 4.79 Å². The highest BCUT2D eigenvalue weighted by atomic mass is 32.2. The van der Waals surface area contributed by atoms with Gasteiger partial charge in [-0.1, -0.05) is 30.0 Å². The van der Waals surface area contributed by atoms with Crippen molar-refractivity contribution < 1.29 is 9.59 Å². The Hall–Kier alpha value is -2.58. The fourth-order valence-electron chi connectivity index (χ4n) is 2.67. The zero-order valence-electron chi connectivity index (χ0n) is 15.8. The smallest absolute Gasteiger partial charge is 0.321 e. The summed E-state index contributed by atoms with van der Waals surface area (Å²) in [6.07, 6.45) is 4.33. The molecule has 0 fully saturated rings. The van der Waals surface area contributed by atoms with Crippen LogP contribution in [0, 0.1) is 13.8 Å². The number of thiophene rings is 1. The van der Waals surface area contributed by atoms with Crippen LogP contribution in [0.25, 0.3) is 5.69 Å². The van der Waals surface area contributed by atoms with Crippen LogP contribution in [-0.2, 0) is 11.2 Å². The summed E-state index contributed by atoms with van der Waals surface area (Å²) in [5, 5.41) is 7.77. The molecule has 0 bridgehead atoms. The standard InChI is InChI=1S/C20H22N4O2S2/c1-14-5-3-7-17(15(14)2)24-11-10-22-20(24)28-13-18(25)23-19(26)21-9-8-16-6-4-12-27-16/h3-7,10-12H,8-9,13H2,1-2H3,(H2,21,23,25,26). The zero-order chi connectivity index (χ0) is 19.9. The van der Waals surface area contributed by atoms with Crippen molar-refractivity contribution in [2.45, 2.75) is 25.4 Å². The van der Waals surface area contributed by atoms with Gasteiger partial charge in [0.1, 0.15) is 0 Å². The number of hydrogen-bond donors (Lipinski definition) is 2. The Bertz CT molecular complexity index is 951. The number of nitrogens with one attached hydrogen (secondary N) is 2. The molecular weight excluding hydrogens is 392 g/mol. The van der Waals surface area contributed by atoms with Crippen LogP contribution in [0.1, 0.15) is 16.0 Å². The highest BCUT2D eigenvalue weighted by Gasteiger charge is 2.13. The van der Waals surface area contributed by atoms with Crippen LogP contribution in [-0.4, -0.2) is 33.8 Å². The quantitative estimate of drug-likeness (QED) is 0.578. The SMILES string of the molecule is Cc1cccc(-n2ccnc2SCC(=O)NC(=O)NCCc2cccs2)c1C. The lowest BCUT2D eigenvalue weighted by molar-refractivity contribution is -0.117. The van der Waals surface area contributed by atoms with E-state index in [1.807, 2.05) is 40.4 Å². The number of carbonyl (C=O) groups excluding carboxylic acids is 2. The molecule has 0 saturated heterocycles. The van der Waals surface area contributed by atoms with Gasteiger partial charge in [-0.3, -0.25) is 14.7 Å². The minimum atomic E-state index is -0.472. The van der Waals surface area contributed by atoms with Crippen molar-refractivity contribution in [3.8, 4) is 5.69 Å². The first-order valence-corrected chi connectivity index (χ1v) is 10.7. The second-order valence-corrected chi connectivity index (χ2v) is 8.20. The molecule has 3 rings (SSSR count). The molecule has 146 valence electrons. The Labute approximate surface area is 172 Å². The maximum atomic E-state index is 12.1. The fraction of sp³-hybridized carbons (Fsp3) is 0.250. The summed E-state index contributed by atoms with van der Waals surface area (Å²) in [6, 6.07) is 9.61. The van der Waals surface area contributed by atoms with Gasteiger partial charge in [-0.05, 0) is 48.9 Å². The van der Waals surface area contributed by atoms with Crippen LogP contribution in [0.15, 0.2) is 53.3 Å². The highest BCUT2D eigenvalue weighted by molar-refractivity contribution is 7.99. The molecule has 0 aliphatic rings. The van der Waals surface area contributed by atoms with Crippen molar-refractivity contribution in [3.05, 3.63) is 64.1 Å². The number of thioether (sulfide) groups is 1. The molecule has 2 aromatic heterocycles. The third kappa shape index (κ3) is 5.24. The Morgan fingerprint density at radius 3 is 2.86 bits per heavy atom. The van der Waals surface area contributed by atoms with Gasteiger partial charge in [0.2, 0.25) is 5.91 Å². The molecule has 2 heterocycles. The molecule has 0 aliphatic heterocycles. The maximum Gasteiger partial charge on any atom is 0.321 e. The van der Waals surface area contributed by atoms with E-state index < -0.39 is 6.03 Å². The molecule has 8 heteroatoms. The molecule has 0 aliphatic carbocycles. The van der Waals surface area contributed by atoms with Gasteiger partial charge in [0.15, 0.2) is 5.16 Å². The van der Waals surface area contributed by atoms with Crippen molar-refractivity contribution in [1.29, 1.82) is 0 Å². The molecule has 0 saturated carbocycles. The Morgan fingerprint density at radius 1 is 1.21 bits per heavy atom. The van der Waals surface area contributed by atoms with Crippen LogP contribution in [0.5, 0.6) is 0 Å². The summed E-state index contributed by atoms with van der Waals surface area (Å²) < 4.78 is 1.96. The normalized spacial score (nSPS) is 10.6. The number of aryl methyl sites for hydroxylation is 1. The summed E-state index contributed by atoms with van der Waals surface area (Å²) in [4.78, 5) is 29.5. The molecular formula is C20H22N4O2S2. The van der Waals surface area contributed by atoms with E-state index in [1.54, 1.807) is 17.5 Å². The van der Waals surface area contributed by atoms with Crippen molar-refractivity contribution in [1.82, 2.24) is 20.2 Å². The summed E-state index contributed by atoms with van der Waals surface area (Å²) in [5.41, 5.74) is 3.39. The van der Waals surface area contributed by atoms with Crippen molar-refractivity contribution >= 4 is 35.0 Å². The Balaban J connectivity index is 1.49. The minimum Gasteiger partial charge on any atom is -0.337 e. The molecule has 0 atom stereocenters. The summed E-state index contributed by atoms with van der Waals surface area (Å²) >= 11 is 2.94. The predicted molar refractivity (Wildman–Crippen MR) is 113 cm³/mol. The average Bonchev–Trinajstić information content (AvgIpc) is 3.34. The van der Waals surface area contributed by atoms with Crippen molar-refractivity contribution in [2.75, 3.05) is 12.3 Å². The van der Waals surface area contributed by atoms with E-state index in [4.69, 9.17) is 0 Å². The number of nitrogens with zero attached hydrogens (tertiary/aromatic N) is 2. The Morgan fingerprint density at radius 2 is 2.07 bits per heavy atom. The predicted octanol–water partition coefficient (Wildman–Crippen LogP) is 3.71. The van der Waals surface area contributed by atoms with Gasteiger partial charge in [-0.25, -0.2) is 9.78 Å². The molecule has 6 nitrogen and oxygen atoms in total. The molecule has 3 aromatic rings. The van der Waals surface area contributed by atoms with E-state index in [1.165, 1.54) is 22.2 Å². The van der Waals surface area contributed by atoms with E-state index >= 15 is 0 Å². The van der Waals surface area contributed by atoms with Crippen LogP contribution in [0.3, 0.4) is 0 Å². The van der Waals surface area contributed by atoms with Gasteiger partial charge < -0.3 is 5.32 Å². The lowest BCUT2D eigenvalue weighted by Crippen LogP contribution is -2.41. The molecule has 28 heavy (non-hydrogen) atoms. The third-order valence-corrected chi connectivity index (χ3v) is 6.17. The van der Waals surface area contributed by atoms with Gasteiger partial charge in [-0.15, -0.1) is 11.3 Å². The van der Waals surface area contributed by atoms with E-state index in [0.29, 0.717) is 11.7 Å². The highest BCUT2D eigenvalue weighted by Crippen LogP contribution is 2.24. The summed E-state index contributed by atoms with van der Waals surface area (Å²) in [5.74, 6) is -0.241. The number of hydrogen-bond acceptors (Lipinski definition) is 5. The van der Waals surface area contributed by atoms with Crippen molar-refractivity contribution in [3.63, 3.8) is 0 Å². The van der Waals surface area contributed by atoms with E-state index in [2.05, 4.69) is 35.5 Å². The summed E-state index contributed by atoms with van der Waals surface area (Å²) in [7, 11) is 0.